The van der Waals surface area contributed by atoms with Crippen molar-refractivity contribution in [1.82, 2.24) is 9.55 Å². The number of aromatic amines is 1. The van der Waals surface area contributed by atoms with Gasteiger partial charge in [-0.3, -0.25) is 18.9 Å². The third kappa shape index (κ3) is 7.48. The molecule has 1 aliphatic heterocycles. The predicted octanol–water partition coefficient (Wildman–Crippen LogP) is 2.74. The van der Waals surface area contributed by atoms with Crippen LogP contribution in [0.4, 0.5) is 0 Å². The highest BCUT2D eigenvalue weighted by Crippen LogP contribution is 2.50. The van der Waals surface area contributed by atoms with Crippen LogP contribution < -0.4 is 11.2 Å². The molecule has 1 N–H and O–H groups in total. The van der Waals surface area contributed by atoms with Gasteiger partial charge in [-0.1, -0.05) is 0 Å². The second-order valence-corrected chi connectivity index (χ2v) is 9.08. The van der Waals surface area contributed by atoms with E-state index < -0.39 is 37.3 Å². The van der Waals surface area contributed by atoms with E-state index in [-0.39, 0.29) is 35.3 Å². The number of nitriles is 1. The Bertz CT molecular complexity index is 944. The Morgan fingerprint density at radius 1 is 1.39 bits per heavy atom. The molecule has 1 aromatic rings. The van der Waals surface area contributed by atoms with E-state index >= 15 is 0 Å². The Kier molecular flexibility index (Phi) is 10.3. The van der Waals surface area contributed by atoms with E-state index in [4.69, 9.17) is 28.1 Å². The molecular formula is C18H27N3O8P2. The summed E-state index contributed by atoms with van der Waals surface area (Å²) in [6.45, 7) is 5.65. The summed E-state index contributed by atoms with van der Waals surface area (Å²) in [6.07, 6.45) is 1.55. The first-order valence-electron chi connectivity index (χ1n) is 9.78. The lowest BCUT2D eigenvalue weighted by Gasteiger charge is -2.20. The Balaban J connectivity index is 2.21. The number of rotatable bonds is 12. The van der Waals surface area contributed by atoms with Gasteiger partial charge < -0.3 is 22.8 Å². The monoisotopic (exact) mass is 475 g/mol. The molecule has 172 valence electrons. The summed E-state index contributed by atoms with van der Waals surface area (Å²) >= 11 is 0. The average molecular weight is 475 g/mol. The lowest BCUT2D eigenvalue weighted by atomic mass is 10.2. The molecule has 1 saturated heterocycles. The maximum absolute atomic E-state index is 12.7. The summed E-state index contributed by atoms with van der Waals surface area (Å²) in [5.74, 6) is 1.34. The van der Waals surface area contributed by atoms with E-state index in [1.165, 1.54) is 16.6 Å². The molecule has 2 rings (SSSR count). The average Bonchev–Trinajstić information content (AvgIpc) is 3.12. The molecule has 0 bridgehead atoms. The van der Waals surface area contributed by atoms with Crippen LogP contribution in [0.3, 0.4) is 0 Å². The minimum atomic E-state index is -3.41. The molecule has 31 heavy (non-hydrogen) atoms. The molecular weight excluding hydrogens is 448 g/mol. The zero-order chi connectivity index (χ0) is 22.9. The number of H-pyrrole nitrogens is 1. The summed E-state index contributed by atoms with van der Waals surface area (Å²) in [7, 11) is -3.78. The summed E-state index contributed by atoms with van der Waals surface area (Å²) in [5.41, 5.74) is -0.781. The highest BCUT2D eigenvalue weighted by Gasteiger charge is 2.38. The maximum atomic E-state index is 12.7. The number of nitrogens with one attached hydrogen (secondary N) is 1. The number of aryl methyl sites for hydroxylation is 1. The van der Waals surface area contributed by atoms with Gasteiger partial charge in [0.1, 0.15) is 6.10 Å². The molecule has 11 nitrogen and oxygen atoms in total. The zero-order valence-electron chi connectivity index (χ0n) is 17.6. The van der Waals surface area contributed by atoms with Gasteiger partial charge in [0.15, 0.2) is 15.3 Å². The highest BCUT2D eigenvalue weighted by atomic mass is 31.2. The molecule has 1 fully saturated rings. The van der Waals surface area contributed by atoms with Gasteiger partial charge >= 0.3 is 13.3 Å². The van der Waals surface area contributed by atoms with Crippen LogP contribution in [0.1, 0.15) is 38.5 Å². The van der Waals surface area contributed by atoms with Crippen molar-refractivity contribution in [2.45, 2.75) is 52.0 Å². The highest BCUT2D eigenvalue weighted by molar-refractivity contribution is 7.57. The Morgan fingerprint density at radius 2 is 2.10 bits per heavy atom. The molecule has 13 heteroatoms. The van der Waals surface area contributed by atoms with Gasteiger partial charge in [-0.25, -0.2) is 4.79 Å². The maximum Gasteiger partial charge on any atom is 0.353 e. The summed E-state index contributed by atoms with van der Waals surface area (Å²) < 4.78 is 41.4. The molecule has 0 aromatic carbocycles. The van der Waals surface area contributed by atoms with E-state index in [0.717, 1.165) is 0 Å². The van der Waals surface area contributed by atoms with Crippen molar-refractivity contribution in [2.75, 3.05) is 19.8 Å². The van der Waals surface area contributed by atoms with Crippen molar-refractivity contribution in [3.63, 3.8) is 0 Å². The van der Waals surface area contributed by atoms with Gasteiger partial charge in [-0.2, -0.15) is 5.26 Å². The Hall–Kier alpha value is -1.63. The van der Waals surface area contributed by atoms with E-state index in [2.05, 4.69) is 4.98 Å². The lowest BCUT2D eigenvalue weighted by molar-refractivity contribution is -0.0195. The van der Waals surface area contributed by atoms with Crippen LogP contribution in [0.15, 0.2) is 27.7 Å². The summed E-state index contributed by atoms with van der Waals surface area (Å²) in [5, 5.41) is 8.58. The van der Waals surface area contributed by atoms with Gasteiger partial charge in [-0.15, -0.1) is 0 Å². The Labute approximate surface area is 181 Å². The minimum Gasteiger partial charge on any atom is -0.348 e. The number of hydrogen-bond acceptors (Lipinski definition) is 9. The van der Waals surface area contributed by atoms with Gasteiger partial charge in [-0.05, 0) is 26.8 Å². The van der Waals surface area contributed by atoms with Crippen molar-refractivity contribution < 1.29 is 27.4 Å². The normalized spacial score (nSPS) is 21.9. The lowest BCUT2D eigenvalue weighted by Crippen LogP contribution is -2.36. The fourth-order valence-electron chi connectivity index (χ4n) is 2.84. The first-order valence-corrected chi connectivity index (χ1v) is 12.2. The summed E-state index contributed by atoms with van der Waals surface area (Å²) in [4.78, 5) is 26.3. The van der Waals surface area contributed by atoms with Crippen LogP contribution >= 0.6 is 16.6 Å². The number of hydrogen-bond donors (Lipinski definition) is 1. The number of aromatic nitrogens is 2. The van der Waals surface area contributed by atoms with E-state index in [0.29, 0.717) is 12.0 Å². The topological polar surface area (TPSA) is 142 Å². The van der Waals surface area contributed by atoms with E-state index in [1.54, 1.807) is 26.8 Å². The molecule has 0 saturated carbocycles. The third-order valence-electron chi connectivity index (χ3n) is 4.19. The fourth-order valence-corrected chi connectivity index (χ4v) is 4.80. The standard InChI is InChI=1S/C18H27N3O8P2/c1-4-26-31(24,27-5-2)10-7-14-11-15(29-30-25-9-6-8-19)17(28-14)21-12-13(3)16(22)20-18(21)23/h7,10,12,14-15,17,30H,4-6,9,11H2,1-3H3,(H,20,22,23). The van der Waals surface area contributed by atoms with E-state index in [1.807, 2.05) is 6.07 Å². The largest absolute Gasteiger partial charge is 0.353 e. The number of nitrogens with zero attached hydrogens (tertiary/aromatic N) is 2. The van der Waals surface area contributed by atoms with Gasteiger partial charge in [0.25, 0.3) is 5.56 Å². The van der Waals surface area contributed by atoms with Crippen LogP contribution in [0, 0.1) is 18.3 Å². The van der Waals surface area contributed by atoms with Crippen LogP contribution in [0.2, 0.25) is 0 Å². The quantitative estimate of drug-likeness (QED) is 0.357. The third-order valence-corrected chi connectivity index (χ3v) is 6.69. The van der Waals surface area contributed by atoms with Crippen molar-refractivity contribution in [1.29, 1.82) is 5.26 Å². The van der Waals surface area contributed by atoms with Gasteiger partial charge in [0.2, 0.25) is 0 Å². The van der Waals surface area contributed by atoms with Crippen molar-refractivity contribution >= 4 is 16.6 Å². The molecule has 0 spiro atoms. The smallest absolute Gasteiger partial charge is 0.348 e. The minimum absolute atomic E-state index is 0.217. The Morgan fingerprint density at radius 3 is 2.74 bits per heavy atom. The van der Waals surface area contributed by atoms with Crippen LogP contribution in [0.5, 0.6) is 0 Å². The van der Waals surface area contributed by atoms with Crippen LogP contribution in [0.25, 0.3) is 0 Å². The molecule has 2 heterocycles. The molecule has 4 atom stereocenters. The second kappa shape index (κ2) is 12.4. The van der Waals surface area contributed by atoms with Crippen molar-refractivity contribution in [3.8, 4) is 6.07 Å². The van der Waals surface area contributed by atoms with E-state index in [9.17, 15) is 14.2 Å². The molecule has 0 radical (unpaired) electrons. The molecule has 0 aliphatic carbocycles. The van der Waals surface area contributed by atoms with Crippen molar-refractivity contribution in [2.24, 2.45) is 0 Å². The van der Waals surface area contributed by atoms with Gasteiger partial charge in [0.05, 0.1) is 38.4 Å². The van der Waals surface area contributed by atoms with Gasteiger partial charge in [0, 0.05) is 24.0 Å². The van der Waals surface area contributed by atoms with Crippen LogP contribution in [-0.4, -0.2) is 41.6 Å². The molecule has 0 amide bonds. The zero-order valence-corrected chi connectivity index (χ0v) is 19.5. The molecule has 1 aromatic heterocycles. The summed E-state index contributed by atoms with van der Waals surface area (Å²) in [6, 6.07) is 1.97. The first kappa shape index (κ1) is 25.6. The number of ether oxygens (including phenoxy) is 1. The second-order valence-electron chi connectivity index (χ2n) is 6.49. The predicted molar refractivity (Wildman–Crippen MR) is 114 cm³/mol. The SMILES string of the molecule is CCOP(=O)(C=CC1CC(OPOCCC#N)C(n2cc(C)c(=O)[nH]c2=O)O1)OCC. The fraction of sp³-hybridized carbons (Fsp3) is 0.611. The molecule has 1 aliphatic rings. The van der Waals surface area contributed by atoms with Crippen molar-refractivity contribution in [3.05, 3.63) is 44.5 Å². The first-order chi connectivity index (χ1) is 14.8. The molecule has 4 unspecified atom stereocenters. The van der Waals surface area contributed by atoms with Crippen LogP contribution in [-0.2, 0) is 27.4 Å².